The molecule has 0 spiro atoms. The summed E-state index contributed by atoms with van der Waals surface area (Å²) >= 11 is 0. The molecule has 1 aromatic heterocycles. The molecule has 1 aliphatic rings. The molecule has 1 aliphatic carbocycles. The summed E-state index contributed by atoms with van der Waals surface area (Å²) < 4.78 is 7.55. The third-order valence-corrected chi connectivity index (χ3v) is 3.42. The summed E-state index contributed by atoms with van der Waals surface area (Å²) in [6, 6.07) is 0.423. The SMILES string of the molecule is CCCOc1cnn(CC2CCC(N)CC2)c1.Cl. The van der Waals surface area contributed by atoms with Gasteiger partial charge in [-0.3, -0.25) is 4.68 Å². The Hall–Kier alpha value is -0.740. The first-order valence-electron chi connectivity index (χ1n) is 6.68. The smallest absolute Gasteiger partial charge is 0.157 e. The minimum absolute atomic E-state index is 0. The summed E-state index contributed by atoms with van der Waals surface area (Å²) in [5.41, 5.74) is 5.91. The highest BCUT2D eigenvalue weighted by molar-refractivity contribution is 5.85. The second-order valence-corrected chi connectivity index (χ2v) is 5.03. The van der Waals surface area contributed by atoms with Crippen LogP contribution in [0.2, 0.25) is 0 Å². The Morgan fingerprint density at radius 2 is 2.11 bits per heavy atom. The van der Waals surface area contributed by atoms with E-state index in [0.29, 0.717) is 6.04 Å². The number of halogens is 1. The van der Waals surface area contributed by atoms with E-state index in [2.05, 4.69) is 12.0 Å². The van der Waals surface area contributed by atoms with Crippen LogP contribution in [-0.2, 0) is 6.54 Å². The molecular formula is C13H24ClN3O. The van der Waals surface area contributed by atoms with Gasteiger partial charge >= 0.3 is 0 Å². The number of nitrogens with two attached hydrogens (primary N) is 1. The summed E-state index contributed by atoms with van der Waals surface area (Å²) in [5.74, 6) is 1.62. The molecule has 0 aliphatic heterocycles. The van der Waals surface area contributed by atoms with Crippen molar-refractivity contribution in [2.75, 3.05) is 6.61 Å². The Kier molecular flexibility index (Phi) is 6.50. The van der Waals surface area contributed by atoms with Crippen LogP contribution in [0, 0.1) is 5.92 Å². The quantitative estimate of drug-likeness (QED) is 0.897. The molecule has 0 radical (unpaired) electrons. The fourth-order valence-electron chi connectivity index (χ4n) is 2.37. The summed E-state index contributed by atoms with van der Waals surface area (Å²) in [6.07, 6.45) is 9.62. The Bertz CT molecular complexity index is 335. The van der Waals surface area contributed by atoms with E-state index < -0.39 is 0 Å². The molecule has 0 saturated heterocycles. The number of hydrogen-bond acceptors (Lipinski definition) is 3. The minimum atomic E-state index is 0. The maximum absolute atomic E-state index is 5.91. The molecule has 1 aromatic rings. The Morgan fingerprint density at radius 3 is 2.78 bits per heavy atom. The second-order valence-electron chi connectivity index (χ2n) is 5.03. The number of aromatic nitrogens is 2. The molecule has 0 unspecified atom stereocenters. The van der Waals surface area contributed by atoms with Crippen LogP contribution >= 0.6 is 12.4 Å². The van der Waals surface area contributed by atoms with Crippen LogP contribution in [-0.4, -0.2) is 22.4 Å². The third-order valence-electron chi connectivity index (χ3n) is 3.42. The van der Waals surface area contributed by atoms with E-state index in [1.54, 1.807) is 0 Å². The van der Waals surface area contributed by atoms with Gasteiger partial charge in [-0.15, -0.1) is 12.4 Å². The summed E-state index contributed by atoms with van der Waals surface area (Å²) in [4.78, 5) is 0. The van der Waals surface area contributed by atoms with Crippen molar-refractivity contribution < 1.29 is 4.74 Å². The zero-order valence-corrected chi connectivity index (χ0v) is 11.9. The van der Waals surface area contributed by atoms with Gasteiger partial charge in [-0.05, 0) is 38.0 Å². The average molecular weight is 274 g/mol. The van der Waals surface area contributed by atoms with Crippen molar-refractivity contribution in [2.24, 2.45) is 11.7 Å². The topological polar surface area (TPSA) is 53.1 Å². The van der Waals surface area contributed by atoms with Gasteiger partial charge in [0, 0.05) is 12.6 Å². The van der Waals surface area contributed by atoms with Crippen LogP contribution < -0.4 is 10.5 Å². The zero-order valence-electron chi connectivity index (χ0n) is 11.0. The lowest BCUT2D eigenvalue weighted by Gasteiger charge is -2.25. The van der Waals surface area contributed by atoms with Crippen molar-refractivity contribution in [3.63, 3.8) is 0 Å². The predicted molar refractivity (Wildman–Crippen MR) is 75.2 cm³/mol. The van der Waals surface area contributed by atoms with Crippen molar-refractivity contribution in [1.29, 1.82) is 0 Å². The van der Waals surface area contributed by atoms with Crippen LogP contribution in [0.25, 0.3) is 0 Å². The van der Waals surface area contributed by atoms with Crippen molar-refractivity contribution in [3.8, 4) is 5.75 Å². The maximum Gasteiger partial charge on any atom is 0.157 e. The standard InChI is InChI=1S/C13H23N3O.ClH/c1-2-7-17-13-8-15-16(10-13)9-11-3-5-12(14)6-4-11;/h8,10-12H,2-7,9,14H2,1H3;1H. The molecule has 104 valence electrons. The lowest BCUT2D eigenvalue weighted by atomic mass is 9.86. The van der Waals surface area contributed by atoms with Gasteiger partial charge in [-0.25, -0.2) is 0 Å². The number of rotatable bonds is 5. The molecule has 1 saturated carbocycles. The van der Waals surface area contributed by atoms with Crippen molar-refractivity contribution in [3.05, 3.63) is 12.4 Å². The number of nitrogens with zero attached hydrogens (tertiary/aromatic N) is 2. The highest BCUT2D eigenvalue weighted by atomic mass is 35.5. The van der Waals surface area contributed by atoms with Crippen LogP contribution in [0.5, 0.6) is 5.75 Å². The minimum Gasteiger partial charge on any atom is -0.490 e. The summed E-state index contributed by atoms with van der Waals surface area (Å²) in [6.45, 7) is 3.88. The monoisotopic (exact) mass is 273 g/mol. The molecule has 0 aromatic carbocycles. The van der Waals surface area contributed by atoms with Gasteiger partial charge in [0.25, 0.3) is 0 Å². The first kappa shape index (κ1) is 15.3. The first-order chi connectivity index (χ1) is 8.28. The predicted octanol–water partition coefficient (Wildman–Crippen LogP) is 2.61. The molecule has 2 rings (SSSR count). The Labute approximate surface area is 115 Å². The first-order valence-corrected chi connectivity index (χ1v) is 6.68. The average Bonchev–Trinajstić information content (AvgIpc) is 2.77. The fourth-order valence-corrected chi connectivity index (χ4v) is 2.37. The van der Waals surface area contributed by atoms with E-state index in [1.807, 2.05) is 17.1 Å². The van der Waals surface area contributed by atoms with E-state index in [9.17, 15) is 0 Å². The van der Waals surface area contributed by atoms with Gasteiger partial charge in [-0.1, -0.05) is 6.92 Å². The second kappa shape index (κ2) is 7.64. The van der Waals surface area contributed by atoms with Gasteiger partial charge in [-0.2, -0.15) is 5.10 Å². The highest BCUT2D eigenvalue weighted by Gasteiger charge is 2.19. The molecule has 0 bridgehead atoms. The zero-order chi connectivity index (χ0) is 12.1. The molecule has 1 fully saturated rings. The number of hydrogen-bond donors (Lipinski definition) is 1. The molecule has 5 heteroatoms. The van der Waals surface area contributed by atoms with Gasteiger partial charge in [0.2, 0.25) is 0 Å². The van der Waals surface area contributed by atoms with E-state index in [0.717, 1.165) is 44.1 Å². The fraction of sp³-hybridized carbons (Fsp3) is 0.769. The van der Waals surface area contributed by atoms with Gasteiger partial charge in [0.05, 0.1) is 19.0 Å². The van der Waals surface area contributed by atoms with Crippen LogP contribution in [0.3, 0.4) is 0 Å². The Balaban J connectivity index is 0.00000162. The van der Waals surface area contributed by atoms with Gasteiger partial charge in [0.1, 0.15) is 0 Å². The van der Waals surface area contributed by atoms with E-state index >= 15 is 0 Å². The summed E-state index contributed by atoms with van der Waals surface area (Å²) in [7, 11) is 0. The molecule has 2 N–H and O–H groups in total. The maximum atomic E-state index is 5.91. The molecule has 4 nitrogen and oxygen atoms in total. The lowest BCUT2D eigenvalue weighted by Crippen LogP contribution is -2.28. The van der Waals surface area contributed by atoms with Crippen molar-refractivity contribution in [2.45, 2.75) is 51.6 Å². The third kappa shape index (κ3) is 4.50. The molecule has 0 amide bonds. The molecule has 0 atom stereocenters. The van der Waals surface area contributed by atoms with Crippen LogP contribution in [0.4, 0.5) is 0 Å². The van der Waals surface area contributed by atoms with E-state index in [-0.39, 0.29) is 12.4 Å². The highest BCUT2D eigenvalue weighted by Crippen LogP contribution is 2.24. The van der Waals surface area contributed by atoms with Crippen molar-refractivity contribution in [1.82, 2.24) is 9.78 Å². The van der Waals surface area contributed by atoms with Gasteiger partial charge < -0.3 is 10.5 Å². The van der Waals surface area contributed by atoms with Crippen LogP contribution in [0.1, 0.15) is 39.0 Å². The number of ether oxygens (including phenoxy) is 1. The normalized spacial score (nSPS) is 23.4. The molecule has 18 heavy (non-hydrogen) atoms. The van der Waals surface area contributed by atoms with Gasteiger partial charge in [0.15, 0.2) is 5.75 Å². The largest absolute Gasteiger partial charge is 0.490 e. The van der Waals surface area contributed by atoms with E-state index in [1.165, 1.54) is 12.8 Å². The Morgan fingerprint density at radius 1 is 1.39 bits per heavy atom. The van der Waals surface area contributed by atoms with Crippen molar-refractivity contribution >= 4 is 12.4 Å². The van der Waals surface area contributed by atoms with Crippen LogP contribution in [0.15, 0.2) is 12.4 Å². The molecular weight excluding hydrogens is 250 g/mol. The van der Waals surface area contributed by atoms with E-state index in [4.69, 9.17) is 10.5 Å². The lowest BCUT2D eigenvalue weighted by molar-refractivity contribution is 0.284. The summed E-state index contributed by atoms with van der Waals surface area (Å²) in [5, 5.41) is 4.34. The molecule has 1 heterocycles.